The Morgan fingerprint density at radius 3 is 2.81 bits per heavy atom. The Bertz CT molecular complexity index is 1080. The molecule has 132 valence electrons. The van der Waals surface area contributed by atoms with Crippen LogP contribution in [-0.2, 0) is 11.0 Å². The summed E-state index contributed by atoms with van der Waals surface area (Å²) < 4.78 is 30.4. The minimum atomic E-state index is -1.44. The van der Waals surface area contributed by atoms with Crippen molar-refractivity contribution in [3.05, 3.63) is 46.9 Å². The van der Waals surface area contributed by atoms with Crippen molar-refractivity contribution in [2.24, 2.45) is 4.40 Å². The predicted octanol–water partition coefficient (Wildman–Crippen LogP) is 4.25. The number of nitriles is 1. The first-order valence-electron chi connectivity index (χ1n) is 7.70. The average Bonchev–Trinajstić information content (AvgIpc) is 3.05. The van der Waals surface area contributed by atoms with Crippen LogP contribution in [0, 0.1) is 17.1 Å². The number of benzene rings is 1. The molecular weight excluding hydrogens is 371 g/mol. The highest BCUT2D eigenvalue weighted by Crippen LogP contribution is 2.29. The van der Waals surface area contributed by atoms with Crippen molar-refractivity contribution in [3.63, 3.8) is 0 Å². The molecule has 5 nitrogen and oxygen atoms in total. The van der Waals surface area contributed by atoms with Crippen LogP contribution in [0.15, 0.2) is 34.2 Å². The van der Waals surface area contributed by atoms with E-state index in [1.807, 2.05) is 32.9 Å². The van der Waals surface area contributed by atoms with Crippen molar-refractivity contribution in [1.82, 2.24) is 9.97 Å². The molecule has 2 aromatic heterocycles. The van der Waals surface area contributed by atoms with Gasteiger partial charge in [-0.15, -0.1) is 11.3 Å². The highest BCUT2D eigenvalue weighted by Gasteiger charge is 2.19. The summed E-state index contributed by atoms with van der Waals surface area (Å²) >= 11 is 1.43. The first-order valence-corrected chi connectivity index (χ1v) is 9.68. The zero-order valence-electron chi connectivity index (χ0n) is 14.4. The molecule has 1 aromatic carbocycles. The summed E-state index contributed by atoms with van der Waals surface area (Å²) in [6.07, 6.45) is 1.45. The second kappa shape index (κ2) is 7.02. The number of hydrogen-bond donors (Lipinski definition) is 0. The van der Waals surface area contributed by atoms with E-state index in [1.165, 1.54) is 29.7 Å². The lowest BCUT2D eigenvalue weighted by atomic mass is 10.0. The Balaban J connectivity index is 2.16. The fourth-order valence-corrected chi connectivity index (χ4v) is 3.34. The van der Waals surface area contributed by atoms with E-state index < -0.39 is 21.5 Å². The molecule has 0 saturated heterocycles. The van der Waals surface area contributed by atoms with E-state index >= 15 is 0 Å². The average molecular weight is 386 g/mol. The third kappa shape index (κ3) is 3.69. The lowest BCUT2D eigenvalue weighted by molar-refractivity contribution is 0.624. The van der Waals surface area contributed by atoms with Gasteiger partial charge in [0.15, 0.2) is 5.65 Å². The van der Waals surface area contributed by atoms with Gasteiger partial charge in [0.1, 0.15) is 22.9 Å². The van der Waals surface area contributed by atoms with Crippen LogP contribution in [0.1, 0.15) is 32.0 Å². The van der Waals surface area contributed by atoms with Crippen LogP contribution in [0.2, 0.25) is 0 Å². The molecule has 0 amide bonds. The van der Waals surface area contributed by atoms with Crippen LogP contribution in [0.5, 0.6) is 0 Å². The van der Waals surface area contributed by atoms with Crippen LogP contribution >= 0.6 is 11.3 Å². The van der Waals surface area contributed by atoms with Crippen molar-refractivity contribution in [1.29, 1.82) is 5.26 Å². The quantitative estimate of drug-likeness (QED) is 0.630. The highest BCUT2D eigenvalue weighted by molar-refractivity contribution is 7.85. The fourth-order valence-electron chi connectivity index (χ4n) is 2.18. The lowest BCUT2D eigenvalue weighted by Crippen LogP contribution is -2.19. The summed E-state index contributed by atoms with van der Waals surface area (Å²) in [5, 5.41) is 9.08. The van der Waals surface area contributed by atoms with Gasteiger partial charge in [0.05, 0.1) is 32.4 Å². The summed E-state index contributed by atoms with van der Waals surface area (Å²) in [6, 6.07) is 8.01. The maximum Gasteiger partial charge on any atom is 0.170 e. The third-order valence-corrected chi connectivity index (χ3v) is 5.65. The standard InChI is InChI=1S/C18H15FN4OS2/c1-18(2,3)26(24)22-9-15-13(7-16-17(23-15)21-10-25-16)11-4-5-14(19)12(6-11)8-20/h4-7,9-10H,1-3H3/b22-9-/t26-/m0/s1. The second-order valence-electron chi connectivity index (χ2n) is 6.50. The zero-order valence-corrected chi connectivity index (χ0v) is 16.0. The van der Waals surface area contributed by atoms with Gasteiger partial charge in [-0.2, -0.15) is 9.66 Å². The molecule has 1 atom stereocenters. The Morgan fingerprint density at radius 2 is 2.12 bits per heavy atom. The van der Waals surface area contributed by atoms with E-state index in [9.17, 15) is 8.60 Å². The van der Waals surface area contributed by atoms with Gasteiger partial charge < -0.3 is 0 Å². The number of nitrogens with zero attached hydrogens (tertiary/aromatic N) is 4. The summed E-state index contributed by atoms with van der Waals surface area (Å²) in [5.74, 6) is -0.577. The molecule has 0 bridgehead atoms. The molecule has 0 radical (unpaired) electrons. The molecule has 0 aliphatic heterocycles. The van der Waals surface area contributed by atoms with E-state index in [0.29, 0.717) is 22.5 Å². The predicted molar refractivity (Wildman–Crippen MR) is 103 cm³/mol. The third-order valence-electron chi connectivity index (χ3n) is 3.55. The summed E-state index contributed by atoms with van der Waals surface area (Å²) in [4.78, 5) is 8.68. The van der Waals surface area contributed by atoms with Crippen LogP contribution in [0.3, 0.4) is 0 Å². The number of thiazole rings is 1. The van der Waals surface area contributed by atoms with E-state index in [2.05, 4.69) is 14.4 Å². The second-order valence-corrected chi connectivity index (χ2v) is 9.32. The van der Waals surface area contributed by atoms with Gasteiger partial charge in [-0.05, 0) is 44.5 Å². The van der Waals surface area contributed by atoms with Crippen LogP contribution in [0.25, 0.3) is 21.5 Å². The van der Waals surface area contributed by atoms with Crippen molar-refractivity contribution >= 4 is 38.9 Å². The minimum Gasteiger partial charge on any atom is -0.234 e. The van der Waals surface area contributed by atoms with E-state index in [-0.39, 0.29) is 5.56 Å². The largest absolute Gasteiger partial charge is 0.234 e. The van der Waals surface area contributed by atoms with Gasteiger partial charge in [-0.3, -0.25) is 0 Å². The first kappa shape index (κ1) is 18.3. The molecule has 0 unspecified atom stereocenters. The minimum absolute atomic E-state index is 0.0481. The SMILES string of the molecule is CC(C)(C)[S@](=O)/N=C\c1nc2ncsc2cc1-c1ccc(F)c(C#N)c1. The zero-order chi connectivity index (χ0) is 18.9. The van der Waals surface area contributed by atoms with E-state index in [1.54, 1.807) is 11.6 Å². The number of pyridine rings is 1. The molecule has 2 heterocycles. The summed E-state index contributed by atoms with van der Waals surface area (Å²) in [5.41, 5.74) is 3.97. The van der Waals surface area contributed by atoms with Gasteiger partial charge in [0, 0.05) is 5.56 Å². The number of aromatic nitrogens is 2. The summed E-state index contributed by atoms with van der Waals surface area (Å²) in [7, 11) is -1.44. The van der Waals surface area contributed by atoms with Crippen molar-refractivity contribution < 1.29 is 8.60 Å². The van der Waals surface area contributed by atoms with Crippen LogP contribution < -0.4 is 0 Å². The van der Waals surface area contributed by atoms with E-state index in [0.717, 1.165) is 4.70 Å². The van der Waals surface area contributed by atoms with Gasteiger partial charge in [-0.1, -0.05) is 6.07 Å². The summed E-state index contributed by atoms with van der Waals surface area (Å²) in [6.45, 7) is 5.49. The van der Waals surface area contributed by atoms with Crippen LogP contribution in [0.4, 0.5) is 4.39 Å². The Hall–Kier alpha value is -2.50. The van der Waals surface area contributed by atoms with Crippen LogP contribution in [-0.4, -0.2) is 25.1 Å². The maximum atomic E-state index is 13.7. The van der Waals surface area contributed by atoms with Gasteiger partial charge in [0.25, 0.3) is 0 Å². The van der Waals surface area contributed by atoms with E-state index in [4.69, 9.17) is 5.26 Å². The normalized spacial score (nSPS) is 13.2. The molecule has 0 N–H and O–H groups in total. The Kier molecular flexibility index (Phi) is 4.94. The topological polar surface area (TPSA) is 79.0 Å². The lowest BCUT2D eigenvalue weighted by Gasteiger charge is -2.13. The Labute approximate surface area is 156 Å². The fraction of sp³-hybridized carbons (Fsp3) is 0.222. The Morgan fingerprint density at radius 1 is 1.35 bits per heavy atom. The number of halogens is 1. The molecule has 0 aliphatic carbocycles. The number of rotatable bonds is 3. The molecule has 0 fully saturated rings. The molecule has 8 heteroatoms. The molecule has 26 heavy (non-hydrogen) atoms. The monoisotopic (exact) mass is 386 g/mol. The van der Waals surface area contributed by atoms with Gasteiger partial charge in [0.2, 0.25) is 0 Å². The van der Waals surface area contributed by atoms with Crippen molar-refractivity contribution in [2.75, 3.05) is 0 Å². The van der Waals surface area contributed by atoms with Crippen molar-refractivity contribution in [2.45, 2.75) is 25.5 Å². The first-order chi connectivity index (χ1) is 12.3. The van der Waals surface area contributed by atoms with Gasteiger partial charge in [-0.25, -0.2) is 18.6 Å². The number of hydrogen-bond acceptors (Lipinski definition) is 5. The molecular formula is C18H15FN4OS2. The number of fused-ring (bicyclic) bond motifs is 1. The molecule has 0 spiro atoms. The highest BCUT2D eigenvalue weighted by atomic mass is 32.2. The molecule has 0 saturated carbocycles. The maximum absolute atomic E-state index is 13.7. The molecule has 3 rings (SSSR count). The van der Waals surface area contributed by atoms with Crippen molar-refractivity contribution in [3.8, 4) is 17.2 Å². The molecule has 0 aliphatic rings. The van der Waals surface area contributed by atoms with Gasteiger partial charge >= 0.3 is 0 Å². The molecule has 3 aromatic rings. The smallest absolute Gasteiger partial charge is 0.170 e.